The molecular weight excluding hydrogens is 267 g/mol. The molecule has 108 valence electrons. The van der Waals surface area contributed by atoms with Crippen molar-refractivity contribution in [3.8, 4) is 0 Å². The SMILES string of the molecule is FC(F)(F)c1ccc2[nH]cc(CC3CCOCC3)c2c1. The van der Waals surface area contributed by atoms with Gasteiger partial charge in [-0.1, -0.05) is 0 Å². The van der Waals surface area contributed by atoms with E-state index in [2.05, 4.69) is 4.98 Å². The maximum atomic E-state index is 12.8. The smallest absolute Gasteiger partial charge is 0.381 e. The molecule has 1 N–H and O–H groups in total. The Bertz CT molecular complexity index is 597. The van der Waals surface area contributed by atoms with E-state index in [1.165, 1.54) is 12.1 Å². The molecule has 1 aliphatic heterocycles. The van der Waals surface area contributed by atoms with Crippen LogP contribution in [-0.4, -0.2) is 18.2 Å². The molecule has 2 aromatic rings. The molecule has 0 radical (unpaired) electrons. The van der Waals surface area contributed by atoms with E-state index in [1.54, 1.807) is 0 Å². The highest BCUT2D eigenvalue weighted by Crippen LogP contribution is 2.33. The number of alkyl halides is 3. The maximum absolute atomic E-state index is 12.8. The number of hydrogen-bond acceptors (Lipinski definition) is 1. The first-order valence-electron chi connectivity index (χ1n) is 6.79. The van der Waals surface area contributed by atoms with E-state index < -0.39 is 11.7 Å². The molecule has 1 saturated heterocycles. The van der Waals surface area contributed by atoms with Gasteiger partial charge in [0, 0.05) is 30.3 Å². The van der Waals surface area contributed by atoms with Gasteiger partial charge < -0.3 is 9.72 Å². The second kappa shape index (κ2) is 5.13. The molecule has 0 aliphatic carbocycles. The highest BCUT2D eigenvalue weighted by Gasteiger charge is 2.30. The van der Waals surface area contributed by atoms with E-state index in [0.717, 1.165) is 49.6 Å². The zero-order valence-electron chi connectivity index (χ0n) is 11.0. The standard InChI is InChI=1S/C15H16F3NO/c16-15(17,18)12-1-2-14-13(8-12)11(9-19-14)7-10-3-5-20-6-4-10/h1-2,8-10,19H,3-7H2. The number of hydrogen-bond donors (Lipinski definition) is 1. The molecule has 0 unspecified atom stereocenters. The van der Waals surface area contributed by atoms with Gasteiger partial charge in [0.25, 0.3) is 0 Å². The second-order valence-electron chi connectivity index (χ2n) is 5.33. The number of nitrogens with one attached hydrogen (secondary N) is 1. The van der Waals surface area contributed by atoms with Gasteiger partial charge in [0.1, 0.15) is 0 Å². The summed E-state index contributed by atoms with van der Waals surface area (Å²) in [6.07, 6.45) is 0.309. The summed E-state index contributed by atoms with van der Waals surface area (Å²) >= 11 is 0. The van der Waals surface area contributed by atoms with Crippen molar-refractivity contribution in [1.29, 1.82) is 0 Å². The van der Waals surface area contributed by atoms with E-state index in [-0.39, 0.29) is 0 Å². The summed E-state index contributed by atoms with van der Waals surface area (Å²) in [5.41, 5.74) is 1.15. The molecule has 3 rings (SSSR count). The monoisotopic (exact) mass is 283 g/mol. The highest BCUT2D eigenvalue weighted by molar-refractivity contribution is 5.84. The van der Waals surface area contributed by atoms with Gasteiger partial charge in [-0.15, -0.1) is 0 Å². The Morgan fingerprint density at radius 3 is 2.65 bits per heavy atom. The first-order chi connectivity index (χ1) is 9.54. The predicted octanol–water partition coefficient (Wildman–Crippen LogP) is 4.16. The molecule has 1 aliphatic rings. The summed E-state index contributed by atoms with van der Waals surface area (Å²) in [6.45, 7) is 1.50. The Labute approximate surface area is 114 Å². The molecular formula is C15H16F3NO. The van der Waals surface area contributed by atoms with Gasteiger partial charge in [0.05, 0.1) is 5.56 Å². The maximum Gasteiger partial charge on any atom is 0.416 e. The van der Waals surface area contributed by atoms with Crippen LogP contribution in [0, 0.1) is 5.92 Å². The van der Waals surface area contributed by atoms with Crippen molar-refractivity contribution in [2.24, 2.45) is 5.92 Å². The van der Waals surface area contributed by atoms with Crippen molar-refractivity contribution < 1.29 is 17.9 Å². The summed E-state index contributed by atoms with van der Waals surface area (Å²) in [5.74, 6) is 0.497. The molecule has 0 saturated carbocycles. The fourth-order valence-corrected chi connectivity index (χ4v) is 2.79. The van der Waals surface area contributed by atoms with Gasteiger partial charge in [0.2, 0.25) is 0 Å². The lowest BCUT2D eigenvalue weighted by Gasteiger charge is -2.21. The topological polar surface area (TPSA) is 25.0 Å². The van der Waals surface area contributed by atoms with Gasteiger partial charge in [-0.25, -0.2) is 0 Å². The molecule has 2 nitrogen and oxygen atoms in total. The average molecular weight is 283 g/mol. The van der Waals surface area contributed by atoms with Crippen LogP contribution in [0.1, 0.15) is 24.0 Å². The van der Waals surface area contributed by atoms with Crippen LogP contribution in [-0.2, 0) is 17.3 Å². The van der Waals surface area contributed by atoms with Crippen LogP contribution in [0.2, 0.25) is 0 Å². The third-order valence-electron chi connectivity index (χ3n) is 3.94. The molecule has 20 heavy (non-hydrogen) atoms. The van der Waals surface area contributed by atoms with Crippen molar-refractivity contribution in [3.63, 3.8) is 0 Å². The van der Waals surface area contributed by atoms with Gasteiger partial charge in [-0.3, -0.25) is 0 Å². The molecule has 1 fully saturated rings. The lowest BCUT2D eigenvalue weighted by atomic mass is 9.92. The van der Waals surface area contributed by atoms with Gasteiger partial charge >= 0.3 is 6.18 Å². The third-order valence-corrected chi connectivity index (χ3v) is 3.94. The Morgan fingerprint density at radius 2 is 1.95 bits per heavy atom. The van der Waals surface area contributed by atoms with E-state index in [0.29, 0.717) is 11.3 Å². The van der Waals surface area contributed by atoms with E-state index in [4.69, 9.17) is 4.74 Å². The number of ether oxygens (including phenoxy) is 1. The van der Waals surface area contributed by atoms with Crippen LogP contribution in [0.4, 0.5) is 13.2 Å². The van der Waals surface area contributed by atoms with Crippen LogP contribution < -0.4 is 0 Å². The Hall–Kier alpha value is -1.49. The summed E-state index contributed by atoms with van der Waals surface area (Å²) in [5, 5.41) is 0.686. The first kappa shape index (κ1) is 13.5. The van der Waals surface area contributed by atoms with Crippen LogP contribution >= 0.6 is 0 Å². The normalized spacial score (nSPS) is 17.8. The number of aromatic amines is 1. The largest absolute Gasteiger partial charge is 0.416 e. The van der Waals surface area contributed by atoms with Crippen LogP contribution in [0.5, 0.6) is 0 Å². The van der Waals surface area contributed by atoms with Crippen LogP contribution in [0.15, 0.2) is 24.4 Å². The highest BCUT2D eigenvalue weighted by atomic mass is 19.4. The van der Waals surface area contributed by atoms with Gasteiger partial charge in [-0.05, 0) is 48.9 Å². The van der Waals surface area contributed by atoms with Crippen LogP contribution in [0.3, 0.4) is 0 Å². The minimum Gasteiger partial charge on any atom is -0.381 e. The summed E-state index contributed by atoms with van der Waals surface area (Å²) in [4.78, 5) is 3.06. The van der Waals surface area contributed by atoms with E-state index in [1.807, 2.05) is 6.20 Å². The molecule has 0 atom stereocenters. The number of benzene rings is 1. The van der Waals surface area contributed by atoms with Crippen molar-refractivity contribution in [3.05, 3.63) is 35.5 Å². The lowest BCUT2D eigenvalue weighted by Crippen LogP contribution is -2.17. The summed E-state index contributed by atoms with van der Waals surface area (Å²) in [6, 6.07) is 3.88. The Balaban J connectivity index is 1.90. The zero-order valence-corrected chi connectivity index (χ0v) is 11.0. The number of aromatic nitrogens is 1. The molecule has 0 bridgehead atoms. The summed E-state index contributed by atoms with van der Waals surface area (Å²) in [7, 11) is 0. The van der Waals surface area contributed by atoms with Crippen molar-refractivity contribution >= 4 is 10.9 Å². The van der Waals surface area contributed by atoms with E-state index >= 15 is 0 Å². The molecule has 1 aromatic heterocycles. The van der Waals surface area contributed by atoms with E-state index in [9.17, 15) is 13.2 Å². The second-order valence-corrected chi connectivity index (χ2v) is 5.33. The first-order valence-corrected chi connectivity index (χ1v) is 6.79. The zero-order chi connectivity index (χ0) is 14.2. The molecule has 0 amide bonds. The van der Waals surface area contributed by atoms with Gasteiger partial charge in [-0.2, -0.15) is 13.2 Å². The number of halogens is 3. The number of rotatable bonds is 2. The lowest BCUT2D eigenvalue weighted by molar-refractivity contribution is -0.137. The quantitative estimate of drug-likeness (QED) is 0.879. The predicted molar refractivity (Wildman–Crippen MR) is 70.5 cm³/mol. The molecule has 0 spiro atoms. The summed E-state index contributed by atoms with van der Waals surface area (Å²) < 4.78 is 43.7. The molecule has 2 heterocycles. The number of H-pyrrole nitrogens is 1. The third kappa shape index (κ3) is 2.68. The molecule has 5 heteroatoms. The van der Waals surface area contributed by atoms with Crippen molar-refractivity contribution in [1.82, 2.24) is 4.98 Å². The van der Waals surface area contributed by atoms with Gasteiger partial charge in [0.15, 0.2) is 0 Å². The minimum atomic E-state index is -4.29. The molecule has 1 aromatic carbocycles. The number of fused-ring (bicyclic) bond motifs is 1. The Morgan fingerprint density at radius 1 is 1.20 bits per heavy atom. The van der Waals surface area contributed by atoms with Crippen molar-refractivity contribution in [2.45, 2.75) is 25.4 Å². The average Bonchev–Trinajstić information content (AvgIpc) is 2.82. The Kier molecular flexibility index (Phi) is 3.46. The minimum absolute atomic E-state index is 0.497. The fraction of sp³-hybridized carbons (Fsp3) is 0.467. The van der Waals surface area contributed by atoms with Crippen molar-refractivity contribution in [2.75, 3.05) is 13.2 Å². The van der Waals surface area contributed by atoms with Crippen LogP contribution in [0.25, 0.3) is 10.9 Å². The fourth-order valence-electron chi connectivity index (χ4n) is 2.79.